The molecule has 3 fully saturated rings. The van der Waals surface area contributed by atoms with Crippen molar-refractivity contribution in [2.45, 2.75) is 75.9 Å². The molecule has 4 atom stereocenters. The fraction of sp³-hybridized carbons (Fsp3) is 0.643. The van der Waals surface area contributed by atoms with E-state index < -0.39 is 0 Å². The minimum absolute atomic E-state index is 0.00723. The van der Waals surface area contributed by atoms with Crippen molar-refractivity contribution in [3.63, 3.8) is 0 Å². The monoisotopic (exact) mass is 464 g/mol. The topological polar surface area (TPSA) is 64.7 Å². The SMILES string of the molecule is CN1C=CC=C2C=C(NC(=O)C3CCC(C(=O)NC4CCC5C(CCCN5C)C4)CC3)C=CC21. The van der Waals surface area contributed by atoms with Crippen LogP contribution >= 0.6 is 0 Å². The standard InChI is InChI=1S/C28H40N4O2/c1-31-15-3-5-21-17-23(11-13-25(21)31)29-27(33)19-7-9-20(10-8-19)28(34)30-24-12-14-26-22(18-24)6-4-16-32(26)2/h3,5,11,13,15,17,19-20,22,24-26H,4,6-10,12,14,16,18H2,1-2H3,(H,29,33)(H,30,34). The Balaban J connectivity index is 1.07. The van der Waals surface area contributed by atoms with Crippen LogP contribution in [0, 0.1) is 17.8 Å². The Morgan fingerprint density at radius 2 is 1.74 bits per heavy atom. The number of amides is 2. The lowest BCUT2D eigenvalue weighted by Gasteiger charge is -2.45. The van der Waals surface area contributed by atoms with Crippen molar-refractivity contribution in [2.75, 3.05) is 20.6 Å². The molecule has 0 aromatic heterocycles. The van der Waals surface area contributed by atoms with Crippen molar-refractivity contribution in [3.8, 4) is 0 Å². The van der Waals surface area contributed by atoms with E-state index in [0.717, 1.165) is 50.1 Å². The molecule has 5 rings (SSSR count). The molecule has 4 unspecified atom stereocenters. The van der Waals surface area contributed by atoms with Gasteiger partial charge in [-0.1, -0.05) is 12.2 Å². The molecule has 5 aliphatic rings. The Labute approximate surface area is 204 Å². The second kappa shape index (κ2) is 10.1. The Morgan fingerprint density at radius 3 is 2.53 bits per heavy atom. The number of piperidine rings is 1. The normalized spacial score (nSPS) is 35.5. The molecule has 6 nitrogen and oxygen atoms in total. The summed E-state index contributed by atoms with van der Waals surface area (Å²) in [6, 6.07) is 1.29. The van der Waals surface area contributed by atoms with Crippen molar-refractivity contribution in [1.29, 1.82) is 0 Å². The third kappa shape index (κ3) is 5.02. The molecule has 184 valence electrons. The first kappa shape index (κ1) is 23.4. The highest BCUT2D eigenvalue weighted by atomic mass is 16.2. The molecular formula is C28H40N4O2. The van der Waals surface area contributed by atoms with Crippen LogP contribution in [-0.2, 0) is 9.59 Å². The van der Waals surface area contributed by atoms with Crippen LogP contribution in [0.2, 0.25) is 0 Å². The van der Waals surface area contributed by atoms with Crippen LogP contribution in [-0.4, -0.2) is 60.4 Å². The van der Waals surface area contributed by atoms with Crippen LogP contribution in [0.1, 0.15) is 57.8 Å². The van der Waals surface area contributed by atoms with E-state index in [1.807, 2.05) is 12.2 Å². The predicted molar refractivity (Wildman–Crippen MR) is 135 cm³/mol. The van der Waals surface area contributed by atoms with Crippen LogP contribution in [0.3, 0.4) is 0 Å². The largest absolute Gasteiger partial charge is 0.370 e. The summed E-state index contributed by atoms with van der Waals surface area (Å²) >= 11 is 0. The van der Waals surface area contributed by atoms with Gasteiger partial charge in [0, 0.05) is 36.7 Å². The van der Waals surface area contributed by atoms with E-state index in [9.17, 15) is 9.59 Å². The van der Waals surface area contributed by atoms with E-state index in [2.05, 4.69) is 59.0 Å². The van der Waals surface area contributed by atoms with Crippen molar-refractivity contribution < 1.29 is 9.59 Å². The van der Waals surface area contributed by atoms with Crippen molar-refractivity contribution in [3.05, 3.63) is 47.9 Å². The second-order valence-corrected chi connectivity index (χ2v) is 11.1. The van der Waals surface area contributed by atoms with Gasteiger partial charge in [-0.3, -0.25) is 9.59 Å². The molecular weight excluding hydrogens is 424 g/mol. The predicted octanol–water partition coefficient (Wildman–Crippen LogP) is 3.50. The summed E-state index contributed by atoms with van der Waals surface area (Å²) in [6.45, 7) is 1.22. The molecule has 2 aliphatic heterocycles. The highest BCUT2D eigenvalue weighted by Crippen LogP contribution is 2.35. The molecule has 2 heterocycles. The molecule has 3 aliphatic carbocycles. The summed E-state index contributed by atoms with van der Waals surface area (Å²) in [5.74, 6) is 1.09. The zero-order valence-electron chi connectivity index (χ0n) is 20.7. The Kier molecular flexibility index (Phi) is 6.96. The van der Waals surface area contributed by atoms with E-state index in [1.165, 1.54) is 31.4 Å². The first-order valence-electron chi connectivity index (χ1n) is 13.3. The van der Waals surface area contributed by atoms with Gasteiger partial charge in [0.1, 0.15) is 0 Å². The minimum Gasteiger partial charge on any atom is -0.370 e. The van der Waals surface area contributed by atoms with E-state index in [0.29, 0.717) is 12.1 Å². The first-order chi connectivity index (χ1) is 16.5. The number of allylic oxidation sites excluding steroid dienone is 3. The van der Waals surface area contributed by atoms with Gasteiger partial charge in [-0.2, -0.15) is 0 Å². The van der Waals surface area contributed by atoms with Crippen molar-refractivity contribution in [1.82, 2.24) is 20.4 Å². The maximum absolute atomic E-state index is 13.0. The third-order valence-electron chi connectivity index (χ3n) is 8.85. The van der Waals surface area contributed by atoms with Crippen LogP contribution in [0.15, 0.2) is 47.9 Å². The van der Waals surface area contributed by atoms with E-state index in [-0.39, 0.29) is 29.7 Å². The maximum Gasteiger partial charge on any atom is 0.227 e. The number of nitrogens with one attached hydrogen (secondary N) is 2. The summed E-state index contributed by atoms with van der Waals surface area (Å²) in [4.78, 5) is 30.6. The van der Waals surface area contributed by atoms with Crippen LogP contribution in [0.25, 0.3) is 0 Å². The molecule has 34 heavy (non-hydrogen) atoms. The van der Waals surface area contributed by atoms with Gasteiger partial charge in [0.2, 0.25) is 11.8 Å². The number of carbonyl (C=O) groups is 2. The number of nitrogens with zero attached hydrogens (tertiary/aromatic N) is 2. The Hall–Kier alpha value is -2.34. The molecule has 2 amide bonds. The van der Waals surface area contributed by atoms with Gasteiger partial charge in [-0.15, -0.1) is 0 Å². The van der Waals surface area contributed by atoms with E-state index in [1.54, 1.807) is 0 Å². The van der Waals surface area contributed by atoms with Gasteiger partial charge in [-0.05, 0) is 107 Å². The summed E-state index contributed by atoms with van der Waals surface area (Å²) in [6.07, 6.45) is 21.6. The average Bonchev–Trinajstić information content (AvgIpc) is 2.84. The molecule has 0 radical (unpaired) electrons. The fourth-order valence-corrected chi connectivity index (χ4v) is 6.82. The smallest absolute Gasteiger partial charge is 0.227 e. The summed E-state index contributed by atoms with van der Waals surface area (Å²) < 4.78 is 0. The molecule has 6 heteroatoms. The number of fused-ring (bicyclic) bond motifs is 2. The first-order valence-corrected chi connectivity index (χ1v) is 13.3. The number of likely N-dealkylation sites (tertiary alicyclic amines) is 1. The van der Waals surface area contributed by atoms with Gasteiger partial charge in [0.25, 0.3) is 0 Å². The lowest BCUT2D eigenvalue weighted by molar-refractivity contribution is -0.130. The van der Waals surface area contributed by atoms with E-state index >= 15 is 0 Å². The van der Waals surface area contributed by atoms with Crippen molar-refractivity contribution in [2.24, 2.45) is 17.8 Å². The molecule has 1 saturated heterocycles. The number of likely N-dealkylation sites (N-methyl/N-ethyl adjacent to an activating group) is 1. The fourth-order valence-electron chi connectivity index (χ4n) is 6.82. The van der Waals surface area contributed by atoms with Gasteiger partial charge >= 0.3 is 0 Å². The molecule has 2 saturated carbocycles. The number of hydrogen-bond donors (Lipinski definition) is 2. The molecule has 2 N–H and O–H groups in total. The van der Waals surface area contributed by atoms with Crippen LogP contribution in [0.5, 0.6) is 0 Å². The molecule has 0 bridgehead atoms. The minimum atomic E-state index is -0.00723. The summed E-state index contributed by atoms with van der Waals surface area (Å²) in [7, 11) is 4.31. The average molecular weight is 465 g/mol. The Bertz CT molecular complexity index is 911. The lowest BCUT2D eigenvalue weighted by atomic mass is 9.76. The highest BCUT2D eigenvalue weighted by Gasteiger charge is 2.37. The summed E-state index contributed by atoms with van der Waals surface area (Å²) in [5.41, 5.74) is 2.05. The van der Waals surface area contributed by atoms with Gasteiger partial charge in [-0.25, -0.2) is 0 Å². The second-order valence-electron chi connectivity index (χ2n) is 11.1. The quantitative estimate of drug-likeness (QED) is 0.669. The van der Waals surface area contributed by atoms with Crippen LogP contribution in [0.4, 0.5) is 0 Å². The zero-order chi connectivity index (χ0) is 23.7. The molecule has 0 aromatic carbocycles. The summed E-state index contributed by atoms with van der Waals surface area (Å²) in [5, 5.41) is 6.51. The third-order valence-corrected chi connectivity index (χ3v) is 8.85. The number of carbonyl (C=O) groups excluding carboxylic acids is 2. The zero-order valence-corrected chi connectivity index (χ0v) is 20.7. The van der Waals surface area contributed by atoms with Crippen molar-refractivity contribution >= 4 is 11.8 Å². The maximum atomic E-state index is 13.0. The molecule has 0 aromatic rings. The van der Waals surface area contributed by atoms with Gasteiger partial charge < -0.3 is 20.4 Å². The van der Waals surface area contributed by atoms with E-state index in [4.69, 9.17) is 0 Å². The van der Waals surface area contributed by atoms with Crippen LogP contribution < -0.4 is 10.6 Å². The lowest BCUT2D eigenvalue weighted by Crippen LogP contribution is -2.51. The highest BCUT2D eigenvalue weighted by molar-refractivity contribution is 5.82. The Morgan fingerprint density at radius 1 is 0.971 bits per heavy atom. The van der Waals surface area contributed by atoms with Gasteiger partial charge in [0.05, 0.1) is 6.04 Å². The number of hydrogen-bond acceptors (Lipinski definition) is 4. The molecule has 0 spiro atoms. The van der Waals surface area contributed by atoms with Gasteiger partial charge in [0.15, 0.2) is 0 Å². The number of rotatable bonds is 4.